The number of hydrogen-bond donors (Lipinski definition) is 7. The molecule has 0 spiro atoms. The molecule has 12 nitrogen and oxygen atoms in total. The second-order valence-corrected chi connectivity index (χ2v) is 7.27. The van der Waals surface area contributed by atoms with Gasteiger partial charge in [0.05, 0.1) is 6.04 Å². The third-order valence-electron chi connectivity index (χ3n) is 4.50. The molecule has 1 aromatic rings. The Bertz CT molecular complexity index is 843. The Balaban J connectivity index is 2.59. The quantitative estimate of drug-likeness (QED) is 0.201. The fraction of sp³-hybridized carbons (Fsp3) is 0.450. The topological polar surface area (TPSA) is 208 Å². The normalized spacial score (nSPS) is 14.3. The van der Waals surface area contributed by atoms with E-state index in [1.165, 1.54) is 38.1 Å². The van der Waals surface area contributed by atoms with Crippen molar-refractivity contribution in [2.24, 2.45) is 5.73 Å². The van der Waals surface area contributed by atoms with Gasteiger partial charge in [0.25, 0.3) is 0 Å². The van der Waals surface area contributed by atoms with Crippen LogP contribution in [0.3, 0.4) is 0 Å². The van der Waals surface area contributed by atoms with E-state index < -0.39 is 53.8 Å². The zero-order chi connectivity index (χ0) is 24.4. The molecule has 0 aliphatic carbocycles. The van der Waals surface area contributed by atoms with Gasteiger partial charge in [0, 0.05) is 12.8 Å². The number of phenolic OH excluding ortho intramolecular Hbond substituents is 1. The standard InChI is InChI=1S/C20H28N4O8/c1-10(23-19(30)14(21)7-8-16(26)27)17(28)22-11(2)18(29)24-15(20(31)32)9-12-3-5-13(25)6-4-12/h3-6,10-11,14-15,25H,7-9,21H2,1-2H3,(H,22,28)(H,23,30)(H,24,29)(H,26,27)(H,31,32). The van der Waals surface area contributed by atoms with Crippen LogP contribution in [0.4, 0.5) is 0 Å². The summed E-state index contributed by atoms with van der Waals surface area (Å²) in [7, 11) is 0. The van der Waals surface area contributed by atoms with Gasteiger partial charge in [-0.05, 0) is 38.0 Å². The molecule has 32 heavy (non-hydrogen) atoms. The number of aliphatic carboxylic acids is 2. The molecule has 12 heteroatoms. The first-order chi connectivity index (χ1) is 14.9. The van der Waals surface area contributed by atoms with Crippen molar-refractivity contribution < 1.29 is 39.3 Å². The Hall–Kier alpha value is -3.67. The molecule has 0 aromatic heterocycles. The minimum absolute atomic E-state index is 0.0186. The van der Waals surface area contributed by atoms with Crippen LogP contribution < -0.4 is 21.7 Å². The summed E-state index contributed by atoms with van der Waals surface area (Å²) in [6.07, 6.45) is -0.449. The van der Waals surface area contributed by atoms with Crippen LogP contribution in [-0.2, 0) is 30.4 Å². The SMILES string of the molecule is CC(NC(=O)C(N)CCC(=O)O)C(=O)NC(C)C(=O)NC(Cc1ccc(O)cc1)C(=O)O. The molecule has 4 atom stereocenters. The molecule has 3 amide bonds. The highest BCUT2D eigenvalue weighted by atomic mass is 16.4. The summed E-state index contributed by atoms with van der Waals surface area (Å²) in [4.78, 5) is 58.6. The van der Waals surface area contributed by atoms with E-state index in [1.807, 2.05) is 0 Å². The predicted octanol–water partition coefficient (Wildman–Crippen LogP) is -1.29. The van der Waals surface area contributed by atoms with Crippen molar-refractivity contribution in [1.29, 1.82) is 0 Å². The van der Waals surface area contributed by atoms with Gasteiger partial charge in [-0.2, -0.15) is 0 Å². The van der Waals surface area contributed by atoms with E-state index in [0.29, 0.717) is 5.56 Å². The van der Waals surface area contributed by atoms with Gasteiger partial charge < -0.3 is 37.0 Å². The van der Waals surface area contributed by atoms with Crippen molar-refractivity contribution in [2.75, 3.05) is 0 Å². The van der Waals surface area contributed by atoms with Gasteiger partial charge >= 0.3 is 11.9 Å². The lowest BCUT2D eigenvalue weighted by Crippen LogP contribution is -2.55. The van der Waals surface area contributed by atoms with Crippen LogP contribution in [0.1, 0.15) is 32.3 Å². The van der Waals surface area contributed by atoms with Crippen LogP contribution in [0.15, 0.2) is 24.3 Å². The maximum atomic E-state index is 12.3. The number of carbonyl (C=O) groups is 5. The average molecular weight is 452 g/mol. The summed E-state index contributed by atoms with van der Waals surface area (Å²) in [5.74, 6) is -4.54. The van der Waals surface area contributed by atoms with E-state index in [1.54, 1.807) is 0 Å². The molecular weight excluding hydrogens is 424 g/mol. The summed E-state index contributed by atoms with van der Waals surface area (Å²) in [5, 5.41) is 34.3. The van der Waals surface area contributed by atoms with E-state index in [9.17, 15) is 34.2 Å². The molecule has 0 aliphatic rings. The van der Waals surface area contributed by atoms with Crippen LogP contribution in [0.2, 0.25) is 0 Å². The van der Waals surface area contributed by atoms with Crippen molar-refractivity contribution in [3.63, 3.8) is 0 Å². The van der Waals surface area contributed by atoms with Gasteiger partial charge in [0.15, 0.2) is 0 Å². The monoisotopic (exact) mass is 452 g/mol. The number of aromatic hydroxyl groups is 1. The number of nitrogens with two attached hydrogens (primary N) is 1. The van der Waals surface area contributed by atoms with Crippen molar-refractivity contribution in [1.82, 2.24) is 16.0 Å². The first-order valence-corrected chi connectivity index (χ1v) is 9.80. The minimum Gasteiger partial charge on any atom is -0.508 e. The Labute approximate surface area is 184 Å². The molecule has 176 valence electrons. The van der Waals surface area contributed by atoms with Gasteiger partial charge in [-0.1, -0.05) is 12.1 Å². The van der Waals surface area contributed by atoms with Crippen LogP contribution >= 0.6 is 0 Å². The van der Waals surface area contributed by atoms with Gasteiger partial charge in [-0.15, -0.1) is 0 Å². The zero-order valence-electron chi connectivity index (χ0n) is 17.7. The molecule has 0 saturated carbocycles. The Kier molecular flexibility index (Phi) is 10.1. The number of benzene rings is 1. The molecular formula is C20H28N4O8. The number of carbonyl (C=O) groups excluding carboxylic acids is 3. The van der Waals surface area contributed by atoms with Crippen molar-refractivity contribution in [3.05, 3.63) is 29.8 Å². The fourth-order valence-corrected chi connectivity index (χ4v) is 2.56. The van der Waals surface area contributed by atoms with Crippen LogP contribution in [0.25, 0.3) is 0 Å². The van der Waals surface area contributed by atoms with Gasteiger partial charge in [0.1, 0.15) is 23.9 Å². The molecule has 0 heterocycles. The second-order valence-electron chi connectivity index (χ2n) is 7.27. The smallest absolute Gasteiger partial charge is 0.326 e. The maximum Gasteiger partial charge on any atom is 0.326 e. The number of carboxylic acids is 2. The maximum absolute atomic E-state index is 12.3. The van der Waals surface area contributed by atoms with E-state index in [-0.39, 0.29) is 25.0 Å². The molecule has 4 unspecified atom stereocenters. The largest absolute Gasteiger partial charge is 0.508 e. The predicted molar refractivity (Wildman–Crippen MR) is 111 cm³/mol. The first-order valence-electron chi connectivity index (χ1n) is 9.80. The van der Waals surface area contributed by atoms with E-state index in [0.717, 1.165) is 0 Å². The summed E-state index contributed by atoms with van der Waals surface area (Å²) in [6, 6.07) is 1.27. The highest BCUT2D eigenvalue weighted by Crippen LogP contribution is 2.11. The van der Waals surface area contributed by atoms with E-state index >= 15 is 0 Å². The number of rotatable bonds is 12. The summed E-state index contributed by atoms with van der Waals surface area (Å²) in [6.45, 7) is 2.70. The first kappa shape index (κ1) is 26.4. The van der Waals surface area contributed by atoms with Gasteiger partial charge in [0.2, 0.25) is 17.7 Å². The molecule has 1 rings (SSSR count). The zero-order valence-corrected chi connectivity index (χ0v) is 17.7. The molecule has 0 bridgehead atoms. The molecule has 1 aromatic carbocycles. The minimum atomic E-state index is -1.28. The third kappa shape index (κ3) is 9.00. The fourth-order valence-electron chi connectivity index (χ4n) is 2.56. The summed E-state index contributed by atoms with van der Waals surface area (Å²) in [5.41, 5.74) is 6.15. The number of phenols is 1. The van der Waals surface area contributed by atoms with Crippen LogP contribution in [0, 0.1) is 0 Å². The number of hydrogen-bond acceptors (Lipinski definition) is 7. The summed E-state index contributed by atoms with van der Waals surface area (Å²) < 4.78 is 0. The van der Waals surface area contributed by atoms with Gasteiger partial charge in [-0.3, -0.25) is 19.2 Å². The molecule has 0 aliphatic heterocycles. The average Bonchev–Trinajstić information content (AvgIpc) is 2.72. The Morgan fingerprint density at radius 2 is 1.38 bits per heavy atom. The van der Waals surface area contributed by atoms with E-state index in [2.05, 4.69) is 16.0 Å². The highest BCUT2D eigenvalue weighted by molar-refractivity contribution is 5.93. The van der Waals surface area contributed by atoms with Crippen molar-refractivity contribution in [3.8, 4) is 5.75 Å². The third-order valence-corrected chi connectivity index (χ3v) is 4.50. The molecule has 0 saturated heterocycles. The number of nitrogens with one attached hydrogen (secondary N) is 3. The van der Waals surface area contributed by atoms with Crippen molar-refractivity contribution >= 4 is 29.7 Å². The Morgan fingerprint density at radius 1 is 0.875 bits per heavy atom. The number of carboxylic acid groups (broad SMARTS) is 2. The Morgan fingerprint density at radius 3 is 1.88 bits per heavy atom. The second kappa shape index (κ2) is 12.2. The highest BCUT2D eigenvalue weighted by Gasteiger charge is 2.26. The van der Waals surface area contributed by atoms with E-state index in [4.69, 9.17) is 10.8 Å². The van der Waals surface area contributed by atoms with Crippen LogP contribution in [0.5, 0.6) is 5.75 Å². The molecule has 8 N–H and O–H groups in total. The molecule has 0 radical (unpaired) electrons. The number of amides is 3. The van der Waals surface area contributed by atoms with Crippen molar-refractivity contribution in [2.45, 2.75) is 57.3 Å². The lowest BCUT2D eigenvalue weighted by atomic mass is 10.1. The summed E-state index contributed by atoms with van der Waals surface area (Å²) >= 11 is 0. The van der Waals surface area contributed by atoms with Gasteiger partial charge in [-0.25, -0.2) is 4.79 Å². The lowest BCUT2D eigenvalue weighted by molar-refractivity contribution is -0.142. The lowest BCUT2D eigenvalue weighted by Gasteiger charge is -2.21. The van der Waals surface area contributed by atoms with Crippen LogP contribution in [-0.4, -0.2) is 69.1 Å². The molecule has 0 fully saturated rings.